The molecule has 1 atom stereocenters. The van der Waals surface area contributed by atoms with Crippen molar-refractivity contribution in [1.29, 1.82) is 0 Å². The van der Waals surface area contributed by atoms with E-state index in [1.54, 1.807) is 0 Å². The third-order valence-electron chi connectivity index (χ3n) is 1.94. The summed E-state index contributed by atoms with van der Waals surface area (Å²) in [6.45, 7) is 0. The standard InChI is InChI=1S/C9H8F3NO3/c1-16-8(9(10,11)12)6-2-4-7(5-3-6)13(14)15/h2-5,8H,1H3. The Kier molecular flexibility index (Phi) is 3.48. The van der Waals surface area contributed by atoms with E-state index in [0.29, 0.717) is 0 Å². The van der Waals surface area contributed by atoms with E-state index in [-0.39, 0.29) is 11.3 Å². The molecule has 4 nitrogen and oxygen atoms in total. The monoisotopic (exact) mass is 235 g/mol. The van der Waals surface area contributed by atoms with Crippen molar-refractivity contribution in [2.24, 2.45) is 0 Å². The number of non-ortho nitro benzene ring substituents is 1. The molecule has 1 rings (SSSR count). The summed E-state index contributed by atoms with van der Waals surface area (Å²) in [5, 5.41) is 10.3. The second kappa shape index (κ2) is 4.48. The normalized spacial score (nSPS) is 13.5. The van der Waals surface area contributed by atoms with E-state index in [9.17, 15) is 23.3 Å². The predicted octanol–water partition coefficient (Wildman–Crippen LogP) is 2.84. The molecule has 0 bridgehead atoms. The van der Waals surface area contributed by atoms with E-state index >= 15 is 0 Å². The lowest BCUT2D eigenvalue weighted by Gasteiger charge is -2.18. The molecule has 0 radical (unpaired) electrons. The van der Waals surface area contributed by atoms with Crippen LogP contribution in [0.5, 0.6) is 0 Å². The Hall–Kier alpha value is -1.63. The predicted molar refractivity (Wildman–Crippen MR) is 48.9 cm³/mol. The molecule has 0 fully saturated rings. The number of nitrogens with zero attached hydrogens (tertiary/aromatic N) is 1. The maximum Gasteiger partial charge on any atom is 0.418 e. The first kappa shape index (κ1) is 12.4. The van der Waals surface area contributed by atoms with Gasteiger partial charge in [-0.2, -0.15) is 13.2 Å². The zero-order chi connectivity index (χ0) is 12.3. The van der Waals surface area contributed by atoms with Gasteiger partial charge in [-0.3, -0.25) is 10.1 Å². The Bertz CT molecular complexity index is 375. The molecular formula is C9H8F3NO3. The molecule has 0 spiro atoms. The summed E-state index contributed by atoms with van der Waals surface area (Å²) in [5.74, 6) is 0. The van der Waals surface area contributed by atoms with Gasteiger partial charge in [-0.25, -0.2) is 0 Å². The molecule has 0 aliphatic rings. The number of nitro groups is 1. The van der Waals surface area contributed by atoms with Gasteiger partial charge < -0.3 is 4.74 Å². The molecule has 1 aromatic carbocycles. The number of hydrogen-bond acceptors (Lipinski definition) is 3. The lowest BCUT2D eigenvalue weighted by Crippen LogP contribution is -2.22. The highest BCUT2D eigenvalue weighted by molar-refractivity contribution is 5.34. The topological polar surface area (TPSA) is 52.4 Å². The Balaban J connectivity index is 3.00. The number of methoxy groups -OCH3 is 1. The highest BCUT2D eigenvalue weighted by atomic mass is 19.4. The van der Waals surface area contributed by atoms with Crippen LogP contribution in [0.1, 0.15) is 11.7 Å². The SMILES string of the molecule is COC(c1ccc([N+](=O)[O-])cc1)C(F)(F)F. The molecule has 0 saturated carbocycles. The summed E-state index contributed by atoms with van der Waals surface area (Å²) in [5.41, 5.74) is -0.429. The van der Waals surface area contributed by atoms with Gasteiger partial charge in [0.2, 0.25) is 0 Å². The fourth-order valence-electron chi connectivity index (χ4n) is 1.23. The van der Waals surface area contributed by atoms with Crippen LogP contribution in [-0.4, -0.2) is 18.2 Å². The maximum atomic E-state index is 12.4. The lowest BCUT2D eigenvalue weighted by molar-refractivity contribution is -0.384. The molecule has 1 unspecified atom stereocenters. The highest BCUT2D eigenvalue weighted by Gasteiger charge is 2.41. The zero-order valence-electron chi connectivity index (χ0n) is 8.19. The van der Waals surface area contributed by atoms with Gasteiger partial charge in [0, 0.05) is 19.2 Å². The molecule has 7 heteroatoms. The Labute approximate surface area is 88.8 Å². The van der Waals surface area contributed by atoms with E-state index in [4.69, 9.17) is 0 Å². The summed E-state index contributed by atoms with van der Waals surface area (Å²) in [6, 6.07) is 4.07. The fourth-order valence-corrected chi connectivity index (χ4v) is 1.23. The van der Waals surface area contributed by atoms with Gasteiger partial charge in [0.25, 0.3) is 5.69 Å². The average molecular weight is 235 g/mol. The van der Waals surface area contributed by atoms with Gasteiger partial charge >= 0.3 is 6.18 Å². The quantitative estimate of drug-likeness (QED) is 0.597. The lowest BCUT2D eigenvalue weighted by atomic mass is 10.1. The molecule has 0 aliphatic heterocycles. The number of rotatable bonds is 3. The van der Waals surface area contributed by atoms with E-state index in [0.717, 1.165) is 31.4 Å². The van der Waals surface area contributed by atoms with E-state index < -0.39 is 17.2 Å². The molecule has 0 heterocycles. The third-order valence-corrected chi connectivity index (χ3v) is 1.94. The van der Waals surface area contributed by atoms with Crippen molar-refractivity contribution in [1.82, 2.24) is 0 Å². The second-order valence-electron chi connectivity index (χ2n) is 3.01. The van der Waals surface area contributed by atoms with Crippen LogP contribution in [-0.2, 0) is 4.74 Å². The molecule has 0 N–H and O–H groups in total. The van der Waals surface area contributed by atoms with Gasteiger partial charge in [0.05, 0.1) is 4.92 Å². The maximum absolute atomic E-state index is 12.4. The van der Waals surface area contributed by atoms with E-state index in [2.05, 4.69) is 4.74 Å². The van der Waals surface area contributed by atoms with Crippen LogP contribution in [0.15, 0.2) is 24.3 Å². The minimum absolute atomic E-state index is 0.166. The first-order valence-electron chi connectivity index (χ1n) is 4.20. The number of halogens is 3. The van der Waals surface area contributed by atoms with Crippen LogP contribution in [0.3, 0.4) is 0 Å². The third kappa shape index (κ3) is 2.69. The van der Waals surface area contributed by atoms with Crippen molar-refractivity contribution in [3.63, 3.8) is 0 Å². The number of nitro benzene ring substituents is 1. The minimum Gasteiger partial charge on any atom is -0.367 e. The van der Waals surface area contributed by atoms with Gasteiger partial charge in [-0.1, -0.05) is 0 Å². The molecule has 0 saturated heterocycles. The van der Waals surface area contributed by atoms with Crippen LogP contribution in [0.2, 0.25) is 0 Å². The molecule has 0 amide bonds. The Morgan fingerprint density at radius 2 is 1.81 bits per heavy atom. The summed E-state index contributed by atoms with van der Waals surface area (Å²) in [4.78, 5) is 9.62. The van der Waals surface area contributed by atoms with Crippen molar-refractivity contribution in [3.05, 3.63) is 39.9 Å². The van der Waals surface area contributed by atoms with Gasteiger partial charge in [0.15, 0.2) is 6.10 Å². The molecule has 1 aromatic rings. The highest BCUT2D eigenvalue weighted by Crippen LogP contribution is 2.35. The Morgan fingerprint density at radius 1 is 1.31 bits per heavy atom. The van der Waals surface area contributed by atoms with Gasteiger partial charge in [0.1, 0.15) is 0 Å². The van der Waals surface area contributed by atoms with Crippen molar-refractivity contribution in [3.8, 4) is 0 Å². The summed E-state index contributed by atoms with van der Waals surface area (Å²) in [6.07, 6.45) is -6.60. The average Bonchev–Trinajstić information content (AvgIpc) is 2.17. The number of ether oxygens (including phenoxy) is 1. The van der Waals surface area contributed by atoms with Crippen molar-refractivity contribution >= 4 is 5.69 Å². The molecule has 88 valence electrons. The van der Waals surface area contributed by atoms with Crippen LogP contribution in [0.4, 0.5) is 18.9 Å². The van der Waals surface area contributed by atoms with Crippen molar-refractivity contribution in [2.45, 2.75) is 12.3 Å². The smallest absolute Gasteiger partial charge is 0.367 e. The zero-order valence-corrected chi connectivity index (χ0v) is 8.19. The summed E-state index contributed by atoms with van der Waals surface area (Å²) >= 11 is 0. The van der Waals surface area contributed by atoms with Crippen LogP contribution in [0.25, 0.3) is 0 Å². The first-order valence-corrected chi connectivity index (χ1v) is 4.20. The number of benzene rings is 1. The molecule has 0 aliphatic carbocycles. The number of alkyl halides is 3. The largest absolute Gasteiger partial charge is 0.418 e. The van der Waals surface area contributed by atoms with E-state index in [1.807, 2.05) is 0 Å². The Morgan fingerprint density at radius 3 is 2.12 bits per heavy atom. The van der Waals surface area contributed by atoms with E-state index in [1.165, 1.54) is 0 Å². The molecule has 16 heavy (non-hydrogen) atoms. The summed E-state index contributed by atoms with van der Waals surface area (Å²) < 4.78 is 41.5. The van der Waals surface area contributed by atoms with Crippen LogP contribution >= 0.6 is 0 Å². The second-order valence-corrected chi connectivity index (χ2v) is 3.01. The first-order chi connectivity index (χ1) is 7.36. The number of hydrogen-bond donors (Lipinski definition) is 0. The van der Waals surface area contributed by atoms with Crippen LogP contribution < -0.4 is 0 Å². The van der Waals surface area contributed by atoms with Crippen molar-refractivity contribution in [2.75, 3.05) is 7.11 Å². The van der Waals surface area contributed by atoms with Crippen molar-refractivity contribution < 1.29 is 22.8 Å². The van der Waals surface area contributed by atoms with Crippen LogP contribution in [0, 0.1) is 10.1 Å². The molecular weight excluding hydrogens is 227 g/mol. The fraction of sp³-hybridized carbons (Fsp3) is 0.333. The molecule has 0 aromatic heterocycles. The minimum atomic E-state index is -4.54. The van der Waals surface area contributed by atoms with Gasteiger partial charge in [-0.05, 0) is 17.7 Å². The van der Waals surface area contributed by atoms with Gasteiger partial charge in [-0.15, -0.1) is 0 Å². The summed E-state index contributed by atoms with van der Waals surface area (Å²) in [7, 11) is 0.930.